The quantitative estimate of drug-likeness (QED) is 0.887. The number of para-hydroxylation sites is 1. The van der Waals surface area contributed by atoms with E-state index in [9.17, 15) is 0 Å². The van der Waals surface area contributed by atoms with Crippen LogP contribution in [0.2, 0.25) is 0 Å². The molecule has 0 aromatic heterocycles. The molecule has 2 unspecified atom stereocenters. The standard InChI is InChI=1S/C16H23NO2/c1-2-17-14-12-16(8-5-10-18-11-9-16)19-15-7-4-3-6-13(14)15/h3-4,6-7,14,17H,2,5,8-12H2,1H3. The van der Waals surface area contributed by atoms with Crippen molar-refractivity contribution in [2.75, 3.05) is 19.8 Å². The van der Waals surface area contributed by atoms with Crippen molar-refractivity contribution >= 4 is 0 Å². The van der Waals surface area contributed by atoms with Gasteiger partial charge in [-0.15, -0.1) is 0 Å². The lowest BCUT2D eigenvalue weighted by molar-refractivity contribution is 0.0110. The first kappa shape index (κ1) is 12.9. The minimum absolute atomic E-state index is 0.0301. The first-order chi connectivity index (χ1) is 9.33. The first-order valence-corrected chi connectivity index (χ1v) is 7.42. The zero-order valence-electron chi connectivity index (χ0n) is 11.7. The minimum Gasteiger partial charge on any atom is -0.487 e. The Balaban J connectivity index is 1.90. The van der Waals surface area contributed by atoms with Gasteiger partial charge in [0.15, 0.2) is 0 Å². The summed E-state index contributed by atoms with van der Waals surface area (Å²) >= 11 is 0. The van der Waals surface area contributed by atoms with E-state index < -0.39 is 0 Å². The van der Waals surface area contributed by atoms with Gasteiger partial charge in [0.1, 0.15) is 11.4 Å². The molecule has 1 aromatic rings. The molecule has 1 fully saturated rings. The molecule has 2 heterocycles. The van der Waals surface area contributed by atoms with Crippen LogP contribution in [0.5, 0.6) is 5.75 Å². The number of benzene rings is 1. The minimum atomic E-state index is -0.0301. The fourth-order valence-corrected chi connectivity index (χ4v) is 3.33. The molecule has 19 heavy (non-hydrogen) atoms. The number of rotatable bonds is 2. The number of hydrogen-bond donors (Lipinski definition) is 1. The zero-order valence-corrected chi connectivity index (χ0v) is 11.7. The third-order valence-electron chi connectivity index (χ3n) is 4.27. The highest BCUT2D eigenvalue weighted by Crippen LogP contribution is 2.43. The van der Waals surface area contributed by atoms with Gasteiger partial charge in [-0.25, -0.2) is 0 Å². The third-order valence-corrected chi connectivity index (χ3v) is 4.27. The van der Waals surface area contributed by atoms with Crippen LogP contribution in [0.1, 0.15) is 44.2 Å². The molecule has 0 aliphatic carbocycles. The molecule has 3 heteroatoms. The topological polar surface area (TPSA) is 30.5 Å². The molecule has 2 aliphatic heterocycles. The maximum Gasteiger partial charge on any atom is 0.124 e. The maximum atomic E-state index is 6.40. The first-order valence-electron chi connectivity index (χ1n) is 7.42. The van der Waals surface area contributed by atoms with E-state index in [4.69, 9.17) is 9.47 Å². The van der Waals surface area contributed by atoms with E-state index in [0.717, 1.165) is 51.2 Å². The molecule has 2 aliphatic rings. The fraction of sp³-hybridized carbons (Fsp3) is 0.625. The molecule has 0 amide bonds. The average Bonchev–Trinajstić information content (AvgIpc) is 2.65. The van der Waals surface area contributed by atoms with E-state index in [-0.39, 0.29) is 5.60 Å². The Labute approximate surface area is 115 Å². The van der Waals surface area contributed by atoms with Gasteiger partial charge in [-0.05, 0) is 25.5 Å². The van der Waals surface area contributed by atoms with Gasteiger partial charge >= 0.3 is 0 Å². The molecule has 1 saturated heterocycles. The molecule has 1 N–H and O–H groups in total. The number of hydrogen-bond acceptors (Lipinski definition) is 3. The number of fused-ring (bicyclic) bond motifs is 1. The molecule has 104 valence electrons. The highest BCUT2D eigenvalue weighted by Gasteiger charge is 2.40. The van der Waals surface area contributed by atoms with E-state index >= 15 is 0 Å². The summed E-state index contributed by atoms with van der Waals surface area (Å²) in [5.74, 6) is 1.06. The Kier molecular flexibility index (Phi) is 3.76. The molecule has 1 spiro atoms. The maximum absolute atomic E-state index is 6.40. The van der Waals surface area contributed by atoms with Crippen molar-refractivity contribution in [3.63, 3.8) is 0 Å². The van der Waals surface area contributed by atoms with Crippen LogP contribution < -0.4 is 10.1 Å². The molecule has 1 aromatic carbocycles. The second kappa shape index (κ2) is 5.51. The summed E-state index contributed by atoms with van der Waals surface area (Å²) in [5.41, 5.74) is 1.28. The summed E-state index contributed by atoms with van der Waals surface area (Å²) in [4.78, 5) is 0. The Bertz CT molecular complexity index is 425. The van der Waals surface area contributed by atoms with Crippen molar-refractivity contribution in [3.8, 4) is 5.75 Å². The van der Waals surface area contributed by atoms with Gasteiger partial charge in [0.25, 0.3) is 0 Å². The Morgan fingerprint density at radius 1 is 1.26 bits per heavy atom. The molecule has 0 radical (unpaired) electrons. The molecule has 3 rings (SSSR count). The van der Waals surface area contributed by atoms with Gasteiger partial charge in [0.2, 0.25) is 0 Å². The van der Waals surface area contributed by atoms with Crippen LogP contribution in [-0.2, 0) is 4.74 Å². The van der Waals surface area contributed by atoms with Crippen molar-refractivity contribution in [3.05, 3.63) is 29.8 Å². The van der Waals surface area contributed by atoms with Crippen molar-refractivity contribution in [2.45, 2.75) is 44.2 Å². The van der Waals surface area contributed by atoms with E-state index in [1.54, 1.807) is 0 Å². The third kappa shape index (κ3) is 2.63. The average molecular weight is 261 g/mol. The Morgan fingerprint density at radius 3 is 3.05 bits per heavy atom. The van der Waals surface area contributed by atoms with Crippen molar-refractivity contribution < 1.29 is 9.47 Å². The second-order valence-electron chi connectivity index (χ2n) is 5.60. The van der Waals surface area contributed by atoms with E-state index in [0.29, 0.717) is 6.04 Å². The predicted octanol–water partition coefficient (Wildman–Crippen LogP) is 3.06. The highest BCUT2D eigenvalue weighted by atomic mass is 16.5. The second-order valence-corrected chi connectivity index (χ2v) is 5.60. The summed E-state index contributed by atoms with van der Waals surface area (Å²) < 4.78 is 12.0. The number of nitrogens with one attached hydrogen (secondary N) is 1. The molecule has 2 atom stereocenters. The monoisotopic (exact) mass is 261 g/mol. The van der Waals surface area contributed by atoms with Crippen LogP contribution in [-0.4, -0.2) is 25.4 Å². The zero-order chi connectivity index (χ0) is 13.1. The van der Waals surface area contributed by atoms with Crippen molar-refractivity contribution in [1.82, 2.24) is 5.32 Å². The molecular formula is C16H23NO2. The summed E-state index contributed by atoms with van der Waals surface area (Å²) in [6, 6.07) is 8.86. The summed E-state index contributed by atoms with van der Waals surface area (Å²) in [6.45, 7) is 4.85. The lowest BCUT2D eigenvalue weighted by Gasteiger charge is -2.42. The smallest absolute Gasteiger partial charge is 0.124 e. The van der Waals surface area contributed by atoms with Gasteiger partial charge in [0, 0.05) is 31.1 Å². The van der Waals surface area contributed by atoms with E-state index in [1.165, 1.54) is 5.56 Å². The van der Waals surface area contributed by atoms with E-state index in [1.807, 2.05) is 0 Å². The molecule has 3 nitrogen and oxygen atoms in total. The van der Waals surface area contributed by atoms with E-state index in [2.05, 4.69) is 36.5 Å². The lowest BCUT2D eigenvalue weighted by atomic mass is 9.82. The van der Waals surface area contributed by atoms with Gasteiger partial charge in [-0.1, -0.05) is 25.1 Å². The van der Waals surface area contributed by atoms with Crippen LogP contribution in [0.3, 0.4) is 0 Å². The fourth-order valence-electron chi connectivity index (χ4n) is 3.33. The van der Waals surface area contributed by atoms with Crippen molar-refractivity contribution in [2.24, 2.45) is 0 Å². The van der Waals surface area contributed by atoms with Crippen LogP contribution in [0.15, 0.2) is 24.3 Å². The lowest BCUT2D eigenvalue weighted by Crippen LogP contribution is -2.44. The highest BCUT2D eigenvalue weighted by molar-refractivity contribution is 5.39. The van der Waals surface area contributed by atoms with Crippen LogP contribution in [0.4, 0.5) is 0 Å². The predicted molar refractivity (Wildman–Crippen MR) is 75.5 cm³/mol. The SMILES string of the molecule is CCNC1CC2(CCCOCC2)Oc2ccccc21. The van der Waals surface area contributed by atoms with Gasteiger partial charge in [-0.2, -0.15) is 0 Å². The summed E-state index contributed by atoms with van der Waals surface area (Å²) in [5, 5.41) is 3.61. The molecule has 0 saturated carbocycles. The normalized spacial score (nSPS) is 30.5. The van der Waals surface area contributed by atoms with Gasteiger partial charge in [0.05, 0.1) is 6.61 Å². The molecular weight excluding hydrogens is 238 g/mol. The van der Waals surface area contributed by atoms with Crippen LogP contribution >= 0.6 is 0 Å². The molecule has 0 bridgehead atoms. The largest absolute Gasteiger partial charge is 0.487 e. The van der Waals surface area contributed by atoms with Gasteiger partial charge in [-0.3, -0.25) is 0 Å². The summed E-state index contributed by atoms with van der Waals surface area (Å²) in [7, 11) is 0. The Hall–Kier alpha value is -1.06. The van der Waals surface area contributed by atoms with Crippen LogP contribution in [0, 0.1) is 0 Å². The number of ether oxygens (including phenoxy) is 2. The Morgan fingerprint density at radius 2 is 2.16 bits per heavy atom. The van der Waals surface area contributed by atoms with Crippen molar-refractivity contribution in [1.29, 1.82) is 0 Å². The van der Waals surface area contributed by atoms with Gasteiger partial charge < -0.3 is 14.8 Å². The van der Waals surface area contributed by atoms with Crippen LogP contribution in [0.25, 0.3) is 0 Å². The summed E-state index contributed by atoms with van der Waals surface area (Å²) in [6.07, 6.45) is 4.26.